The number of hydrogen-bond acceptors (Lipinski definition) is 4. The molecule has 0 atom stereocenters. The van der Waals surface area contributed by atoms with Gasteiger partial charge in [-0.25, -0.2) is 9.07 Å². The van der Waals surface area contributed by atoms with Gasteiger partial charge in [0.2, 0.25) is 0 Å². The summed E-state index contributed by atoms with van der Waals surface area (Å²) in [4.78, 5) is 15.4. The summed E-state index contributed by atoms with van der Waals surface area (Å²) in [5.41, 5.74) is 4.65. The number of rotatable bonds is 6. The van der Waals surface area contributed by atoms with Crippen LogP contribution in [0.25, 0.3) is 5.69 Å². The first-order valence-electron chi connectivity index (χ1n) is 10.5. The number of aromatic nitrogens is 2. The average Bonchev–Trinajstić information content (AvgIpc) is 3.08. The molecule has 1 aromatic heterocycles. The minimum Gasteiger partial charge on any atom is -0.322 e. The Labute approximate surface area is 186 Å². The number of nitrogens with zero attached hydrogens (tertiary/aromatic N) is 3. The second-order valence-corrected chi connectivity index (χ2v) is 9.01. The van der Waals surface area contributed by atoms with Crippen molar-refractivity contribution < 1.29 is 9.18 Å². The van der Waals surface area contributed by atoms with Crippen molar-refractivity contribution in [3.05, 3.63) is 76.9 Å². The molecule has 2 heterocycles. The van der Waals surface area contributed by atoms with Crippen molar-refractivity contribution in [2.45, 2.75) is 20.3 Å². The average molecular weight is 439 g/mol. The van der Waals surface area contributed by atoms with Gasteiger partial charge in [-0.1, -0.05) is 12.1 Å². The number of halogens is 1. The molecule has 4 rings (SSSR count). The maximum absolute atomic E-state index is 13.2. The first kappa shape index (κ1) is 21.6. The van der Waals surface area contributed by atoms with E-state index in [-0.39, 0.29) is 11.7 Å². The zero-order valence-electron chi connectivity index (χ0n) is 17.9. The Morgan fingerprint density at radius 2 is 1.74 bits per heavy atom. The van der Waals surface area contributed by atoms with E-state index >= 15 is 0 Å². The predicted molar refractivity (Wildman–Crippen MR) is 125 cm³/mol. The standard InChI is InChI=1S/C24H27FN4OS/c1-17-23(18(2)29(27-17)22-9-5-20(25)6-10-22)24(30)26-21-7-3-19(4-8-21)11-12-28-13-15-31-16-14-28/h3-10H,11-16H2,1-2H3,(H,26,30). The van der Waals surface area contributed by atoms with Gasteiger partial charge in [0.1, 0.15) is 5.82 Å². The first-order chi connectivity index (χ1) is 15.0. The van der Waals surface area contributed by atoms with Crippen molar-refractivity contribution >= 4 is 23.4 Å². The highest BCUT2D eigenvalue weighted by Crippen LogP contribution is 2.20. The SMILES string of the molecule is Cc1nn(-c2ccc(F)cc2)c(C)c1C(=O)Nc1ccc(CCN2CCSCC2)cc1. The largest absolute Gasteiger partial charge is 0.322 e. The molecule has 0 spiro atoms. The number of thioether (sulfide) groups is 1. The van der Waals surface area contributed by atoms with Crippen LogP contribution in [0.3, 0.4) is 0 Å². The molecule has 5 nitrogen and oxygen atoms in total. The number of amides is 1. The fourth-order valence-electron chi connectivity index (χ4n) is 3.87. The molecule has 2 aromatic carbocycles. The minimum atomic E-state index is -0.304. The normalized spacial score (nSPS) is 14.5. The van der Waals surface area contributed by atoms with Gasteiger partial charge in [-0.05, 0) is 62.2 Å². The van der Waals surface area contributed by atoms with E-state index in [1.54, 1.807) is 16.8 Å². The van der Waals surface area contributed by atoms with Crippen LogP contribution in [0.15, 0.2) is 48.5 Å². The monoisotopic (exact) mass is 438 g/mol. The molecule has 162 valence electrons. The van der Waals surface area contributed by atoms with Gasteiger partial charge in [0.15, 0.2) is 0 Å². The van der Waals surface area contributed by atoms with Crippen molar-refractivity contribution in [3.8, 4) is 5.69 Å². The van der Waals surface area contributed by atoms with E-state index in [1.165, 1.54) is 42.3 Å². The quantitative estimate of drug-likeness (QED) is 0.617. The highest BCUT2D eigenvalue weighted by Gasteiger charge is 2.19. The maximum atomic E-state index is 13.2. The second kappa shape index (κ2) is 9.66. The van der Waals surface area contributed by atoms with Crippen LogP contribution in [0.2, 0.25) is 0 Å². The fraction of sp³-hybridized carbons (Fsp3) is 0.333. The molecule has 3 aromatic rings. The molecule has 1 N–H and O–H groups in total. The lowest BCUT2D eigenvalue weighted by molar-refractivity contribution is 0.102. The van der Waals surface area contributed by atoms with Crippen LogP contribution < -0.4 is 5.32 Å². The number of benzene rings is 2. The van der Waals surface area contributed by atoms with E-state index in [2.05, 4.69) is 27.4 Å². The van der Waals surface area contributed by atoms with Crippen LogP contribution in [0.4, 0.5) is 10.1 Å². The molecular formula is C24H27FN4OS. The molecule has 1 aliphatic heterocycles. The van der Waals surface area contributed by atoms with Gasteiger partial charge in [0, 0.05) is 36.8 Å². The van der Waals surface area contributed by atoms with Crippen LogP contribution in [-0.2, 0) is 6.42 Å². The summed E-state index contributed by atoms with van der Waals surface area (Å²) < 4.78 is 14.9. The van der Waals surface area contributed by atoms with Gasteiger partial charge in [0.25, 0.3) is 5.91 Å². The molecule has 0 aliphatic carbocycles. The molecule has 7 heteroatoms. The Hall–Kier alpha value is -2.64. The summed E-state index contributed by atoms with van der Waals surface area (Å²) in [6.07, 6.45) is 1.02. The maximum Gasteiger partial charge on any atom is 0.259 e. The van der Waals surface area contributed by atoms with Crippen LogP contribution in [0, 0.1) is 19.7 Å². The Balaban J connectivity index is 1.41. The highest BCUT2D eigenvalue weighted by molar-refractivity contribution is 7.99. The Morgan fingerprint density at radius 1 is 1.06 bits per heavy atom. The second-order valence-electron chi connectivity index (χ2n) is 7.79. The van der Waals surface area contributed by atoms with E-state index in [0.717, 1.165) is 30.0 Å². The molecule has 0 unspecified atom stereocenters. The van der Waals surface area contributed by atoms with E-state index in [0.29, 0.717) is 11.3 Å². The van der Waals surface area contributed by atoms with Crippen LogP contribution >= 0.6 is 11.8 Å². The van der Waals surface area contributed by atoms with Crippen molar-refractivity contribution in [2.24, 2.45) is 0 Å². The first-order valence-corrected chi connectivity index (χ1v) is 11.7. The molecule has 0 radical (unpaired) electrons. The molecule has 31 heavy (non-hydrogen) atoms. The number of aryl methyl sites for hydroxylation is 1. The molecule has 0 bridgehead atoms. The van der Waals surface area contributed by atoms with Crippen LogP contribution in [0.5, 0.6) is 0 Å². The fourth-order valence-corrected chi connectivity index (χ4v) is 4.84. The topological polar surface area (TPSA) is 50.2 Å². The lowest BCUT2D eigenvalue weighted by Crippen LogP contribution is -2.34. The third-order valence-corrected chi connectivity index (χ3v) is 6.56. The zero-order valence-corrected chi connectivity index (χ0v) is 18.7. The van der Waals surface area contributed by atoms with Gasteiger partial charge in [-0.3, -0.25) is 4.79 Å². The number of nitrogens with one attached hydrogen (secondary N) is 1. The summed E-state index contributed by atoms with van der Waals surface area (Å²) >= 11 is 2.03. The number of anilines is 1. The summed E-state index contributed by atoms with van der Waals surface area (Å²) in [5, 5.41) is 7.46. The number of carbonyl (C=O) groups is 1. The van der Waals surface area contributed by atoms with Gasteiger partial charge in [-0.15, -0.1) is 0 Å². The van der Waals surface area contributed by atoms with E-state index in [4.69, 9.17) is 0 Å². The zero-order chi connectivity index (χ0) is 21.8. The summed E-state index contributed by atoms with van der Waals surface area (Å²) in [6, 6.07) is 14.1. The van der Waals surface area contributed by atoms with Crippen molar-refractivity contribution in [1.29, 1.82) is 0 Å². The highest BCUT2D eigenvalue weighted by atomic mass is 32.2. The van der Waals surface area contributed by atoms with Gasteiger partial charge >= 0.3 is 0 Å². The molecule has 0 saturated carbocycles. The minimum absolute atomic E-state index is 0.193. The lowest BCUT2D eigenvalue weighted by atomic mass is 10.1. The van der Waals surface area contributed by atoms with Crippen molar-refractivity contribution in [1.82, 2.24) is 14.7 Å². The smallest absolute Gasteiger partial charge is 0.259 e. The van der Waals surface area contributed by atoms with Gasteiger partial charge < -0.3 is 10.2 Å². The summed E-state index contributed by atoms with van der Waals surface area (Å²) in [7, 11) is 0. The van der Waals surface area contributed by atoms with Gasteiger partial charge in [-0.2, -0.15) is 16.9 Å². The van der Waals surface area contributed by atoms with E-state index < -0.39 is 0 Å². The number of hydrogen-bond donors (Lipinski definition) is 1. The van der Waals surface area contributed by atoms with Crippen LogP contribution in [-0.4, -0.2) is 51.7 Å². The number of carbonyl (C=O) groups excluding carboxylic acids is 1. The predicted octanol–water partition coefficient (Wildman–Crippen LogP) is 4.47. The third kappa shape index (κ3) is 5.17. The van der Waals surface area contributed by atoms with E-state index in [1.807, 2.05) is 37.7 Å². The van der Waals surface area contributed by atoms with Gasteiger partial charge in [0.05, 0.1) is 22.6 Å². The lowest BCUT2D eigenvalue weighted by Gasteiger charge is -2.26. The molecule has 1 saturated heterocycles. The van der Waals surface area contributed by atoms with E-state index in [9.17, 15) is 9.18 Å². The van der Waals surface area contributed by atoms with Crippen LogP contribution in [0.1, 0.15) is 27.3 Å². The third-order valence-electron chi connectivity index (χ3n) is 5.62. The summed E-state index contributed by atoms with van der Waals surface area (Å²) in [5.74, 6) is 1.95. The Bertz CT molecular complexity index is 1040. The molecule has 1 fully saturated rings. The Kier molecular flexibility index (Phi) is 6.73. The molecular weight excluding hydrogens is 411 g/mol. The Morgan fingerprint density at radius 3 is 2.42 bits per heavy atom. The molecule has 1 amide bonds. The molecule has 1 aliphatic rings. The van der Waals surface area contributed by atoms with Crippen molar-refractivity contribution in [3.63, 3.8) is 0 Å². The van der Waals surface area contributed by atoms with Crippen molar-refractivity contribution in [2.75, 3.05) is 36.5 Å². The summed E-state index contributed by atoms with van der Waals surface area (Å²) in [6.45, 7) is 7.07.